The number of nitrogens with one attached hydrogen (secondary N) is 1. The van der Waals surface area contributed by atoms with E-state index in [9.17, 15) is 9.18 Å². The van der Waals surface area contributed by atoms with Crippen LogP contribution in [0.1, 0.15) is 118 Å². The fourth-order valence-corrected chi connectivity index (χ4v) is 5.10. The van der Waals surface area contributed by atoms with Crippen LogP contribution in [-0.2, 0) is 25.8 Å². The van der Waals surface area contributed by atoms with E-state index in [4.69, 9.17) is 5.10 Å². The van der Waals surface area contributed by atoms with Crippen molar-refractivity contribution in [1.29, 1.82) is 0 Å². The number of hydrogen-bond donors (Lipinski definition) is 1. The SMILES string of the molecule is CCCCCCCn1nc(C(=O)NC2CCCC2)c(CCCCC)c1CCc1ccc(F)cc1. The average molecular weight is 470 g/mol. The molecule has 0 spiro atoms. The van der Waals surface area contributed by atoms with E-state index in [1.165, 1.54) is 56.4 Å². The highest BCUT2D eigenvalue weighted by atomic mass is 19.1. The van der Waals surface area contributed by atoms with Gasteiger partial charge in [0, 0.05) is 23.8 Å². The number of aromatic nitrogens is 2. The molecule has 2 aromatic rings. The topological polar surface area (TPSA) is 46.9 Å². The van der Waals surface area contributed by atoms with Gasteiger partial charge in [-0.15, -0.1) is 0 Å². The Balaban J connectivity index is 1.82. The molecule has 0 radical (unpaired) electrons. The van der Waals surface area contributed by atoms with Gasteiger partial charge in [0.2, 0.25) is 0 Å². The van der Waals surface area contributed by atoms with Crippen molar-refractivity contribution in [2.24, 2.45) is 0 Å². The molecule has 1 aliphatic carbocycles. The lowest BCUT2D eigenvalue weighted by atomic mass is 9.99. The molecule has 5 heteroatoms. The summed E-state index contributed by atoms with van der Waals surface area (Å²) in [6, 6.07) is 7.08. The molecule has 1 fully saturated rings. The van der Waals surface area contributed by atoms with E-state index in [1.54, 1.807) is 0 Å². The van der Waals surface area contributed by atoms with Gasteiger partial charge in [-0.3, -0.25) is 9.48 Å². The molecule has 0 unspecified atom stereocenters. The number of carbonyl (C=O) groups excluding carboxylic acids is 1. The number of halogens is 1. The number of hydrogen-bond acceptors (Lipinski definition) is 2. The van der Waals surface area contributed by atoms with E-state index in [2.05, 4.69) is 23.8 Å². The maximum atomic E-state index is 13.4. The molecule has 1 aromatic carbocycles. The summed E-state index contributed by atoms with van der Waals surface area (Å²) in [7, 11) is 0. The zero-order valence-corrected chi connectivity index (χ0v) is 21.4. The molecular weight excluding hydrogens is 425 g/mol. The lowest BCUT2D eigenvalue weighted by Crippen LogP contribution is -2.33. The monoisotopic (exact) mass is 469 g/mol. The summed E-state index contributed by atoms with van der Waals surface area (Å²) >= 11 is 0. The fourth-order valence-electron chi connectivity index (χ4n) is 5.10. The lowest BCUT2D eigenvalue weighted by Gasteiger charge is -2.12. The van der Waals surface area contributed by atoms with E-state index in [1.807, 2.05) is 12.1 Å². The fraction of sp³-hybridized carbons (Fsp3) is 0.655. The van der Waals surface area contributed by atoms with Gasteiger partial charge in [0.05, 0.1) is 0 Å². The van der Waals surface area contributed by atoms with E-state index in [0.717, 1.165) is 75.5 Å². The Morgan fingerprint density at radius 1 is 0.941 bits per heavy atom. The van der Waals surface area contributed by atoms with E-state index in [0.29, 0.717) is 5.69 Å². The number of benzene rings is 1. The van der Waals surface area contributed by atoms with Crippen LogP contribution in [0.4, 0.5) is 4.39 Å². The maximum absolute atomic E-state index is 13.4. The minimum atomic E-state index is -0.202. The molecule has 1 saturated carbocycles. The second-order valence-electron chi connectivity index (χ2n) is 9.95. The second-order valence-corrected chi connectivity index (χ2v) is 9.95. The molecule has 3 rings (SSSR count). The Morgan fingerprint density at radius 3 is 2.32 bits per heavy atom. The van der Waals surface area contributed by atoms with E-state index in [-0.39, 0.29) is 17.8 Å². The molecule has 4 nitrogen and oxygen atoms in total. The third-order valence-corrected chi connectivity index (χ3v) is 7.14. The van der Waals surface area contributed by atoms with Crippen LogP contribution in [0.5, 0.6) is 0 Å². The number of aryl methyl sites for hydroxylation is 2. The highest BCUT2D eigenvalue weighted by Crippen LogP contribution is 2.23. The Bertz CT molecular complexity index is 868. The molecule has 1 aliphatic rings. The summed E-state index contributed by atoms with van der Waals surface area (Å²) in [6.45, 7) is 5.31. The first-order chi connectivity index (χ1) is 16.6. The van der Waals surface area contributed by atoms with Crippen LogP contribution in [-0.4, -0.2) is 21.7 Å². The van der Waals surface area contributed by atoms with Gasteiger partial charge >= 0.3 is 0 Å². The maximum Gasteiger partial charge on any atom is 0.272 e. The first-order valence-corrected chi connectivity index (χ1v) is 13.8. The van der Waals surface area contributed by atoms with Crippen LogP contribution in [0.3, 0.4) is 0 Å². The van der Waals surface area contributed by atoms with Crippen LogP contribution in [0.15, 0.2) is 24.3 Å². The largest absolute Gasteiger partial charge is 0.348 e. The molecule has 34 heavy (non-hydrogen) atoms. The molecule has 0 saturated heterocycles. The summed E-state index contributed by atoms with van der Waals surface area (Å²) in [5, 5.41) is 8.19. The summed E-state index contributed by atoms with van der Waals surface area (Å²) in [6.07, 6.45) is 16.5. The third kappa shape index (κ3) is 7.95. The predicted molar refractivity (Wildman–Crippen MR) is 138 cm³/mol. The first-order valence-electron chi connectivity index (χ1n) is 13.8. The van der Waals surface area contributed by atoms with Crippen molar-refractivity contribution < 1.29 is 9.18 Å². The van der Waals surface area contributed by atoms with Crippen molar-refractivity contribution in [1.82, 2.24) is 15.1 Å². The molecule has 1 N–H and O–H groups in total. The predicted octanol–water partition coefficient (Wildman–Crippen LogP) is 7.18. The van der Waals surface area contributed by atoms with Crippen molar-refractivity contribution in [2.75, 3.05) is 0 Å². The van der Waals surface area contributed by atoms with Crippen LogP contribution < -0.4 is 5.32 Å². The molecule has 0 aliphatic heterocycles. The second kappa shape index (κ2) is 14.3. The summed E-state index contributed by atoms with van der Waals surface area (Å²) in [5.74, 6) is -0.196. The Morgan fingerprint density at radius 2 is 1.62 bits per heavy atom. The third-order valence-electron chi connectivity index (χ3n) is 7.14. The van der Waals surface area contributed by atoms with E-state index < -0.39 is 0 Å². The van der Waals surface area contributed by atoms with Gasteiger partial charge in [-0.2, -0.15) is 5.10 Å². The minimum Gasteiger partial charge on any atom is -0.348 e. The Hall–Kier alpha value is -2.17. The van der Waals surface area contributed by atoms with Crippen LogP contribution >= 0.6 is 0 Å². The van der Waals surface area contributed by atoms with Crippen molar-refractivity contribution in [3.63, 3.8) is 0 Å². The molecular formula is C29H44FN3O. The number of unbranched alkanes of at least 4 members (excludes halogenated alkanes) is 6. The molecule has 1 aromatic heterocycles. The zero-order valence-electron chi connectivity index (χ0n) is 21.4. The van der Waals surface area contributed by atoms with Crippen LogP contribution in [0, 0.1) is 5.82 Å². The summed E-state index contributed by atoms with van der Waals surface area (Å²) in [5.41, 5.74) is 4.10. The number of amides is 1. The Labute approximate surface area is 205 Å². The van der Waals surface area contributed by atoms with Gasteiger partial charge in [-0.05, 0) is 62.6 Å². The molecule has 0 atom stereocenters. The normalized spacial score (nSPS) is 14.1. The van der Waals surface area contributed by atoms with Gasteiger partial charge in [0.25, 0.3) is 5.91 Å². The molecule has 1 heterocycles. The minimum absolute atomic E-state index is 0.00571. The van der Waals surface area contributed by atoms with Gasteiger partial charge in [0.1, 0.15) is 5.82 Å². The highest BCUT2D eigenvalue weighted by molar-refractivity contribution is 5.94. The van der Waals surface area contributed by atoms with Crippen molar-refractivity contribution in [2.45, 2.75) is 123 Å². The Kier molecular flexibility index (Phi) is 11.1. The zero-order chi connectivity index (χ0) is 24.2. The molecule has 188 valence electrons. The molecule has 1 amide bonds. The van der Waals surface area contributed by atoms with Gasteiger partial charge in [0.15, 0.2) is 5.69 Å². The summed E-state index contributed by atoms with van der Waals surface area (Å²) < 4.78 is 15.5. The van der Waals surface area contributed by atoms with Gasteiger partial charge in [-0.25, -0.2) is 4.39 Å². The average Bonchev–Trinajstić information content (AvgIpc) is 3.47. The highest BCUT2D eigenvalue weighted by Gasteiger charge is 2.25. The van der Waals surface area contributed by atoms with Crippen LogP contribution in [0.2, 0.25) is 0 Å². The smallest absolute Gasteiger partial charge is 0.272 e. The number of carbonyl (C=O) groups is 1. The van der Waals surface area contributed by atoms with Gasteiger partial charge < -0.3 is 5.32 Å². The quantitative estimate of drug-likeness (QED) is 0.281. The van der Waals surface area contributed by atoms with Crippen molar-refractivity contribution in [3.05, 3.63) is 52.6 Å². The van der Waals surface area contributed by atoms with E-state index >= 15 is 0 Å². The van der Waals surface area contributed by atoms with Crippen molar-refractivity contribution in [3.8, 4) is 0 Å². The lowest BCUT2D eigenvalue weighted by molar-refractivity contribution is 0.0931. The standard InChI is InChI=1S/C29H44FN3O/c1-3-5-7-8-12-22-33-27(21-18-23-16-19-24(30)20-17-23)26(15-9-6-4-2)28(32-33)29(34)31-25-13-10-11-14-25/h16-17,19-20,25H,3-15,18,21-22H2,1-2H3,(H,31,34). The summed E-state index contributed by atoms with van der Waals surface area (Å²) in [4.78, 5) is 13.3. The van der Waals surface area contributed by atoms with Crippen LogP contribution in [0.25, 0.3) is 0 Å². The van der Waals surface area contributed by atoms with Gasteiger partial charge in [-0.1, -0.05) is 77.3 Å². The molecule has 0 bridgehead atoms. The number of rotatable bonds is 15. The van der Waals surface area contributed by atoms with Crippen molar-refractivity contribution >= 4 is 5.91 Å². The first kappa shape index (κ1) is 26.4. The number of nitrogens with zero attached hydrogens (tertiary/aromatic N) is 2.